The van der Waals surface area contributed by atoms with Gasteiger partial charge < -0.3 is 15.7 Å². The summed E-state index contributed by atoms with van der Waals surface area (Å²) in [6.07, 6.45) is 0.812. The summed E-state index contributed by atoms with van der Waals surface area (Å²) in [6.45, 7) is -0.275. The van der Waals surface area contributed by atoms with Gasteiger partial charge in [0.15, 0.2) is 0 Å². The standard InChI is InChI=1S/C19H20N2O4/c22-17(13-20-18(23)15-9-5-2-6-10-15)21-16(19(24)25)12-11-14-7-3-1-4-8-14/h1-10,16H,11-13H2,(H,20,23)(H,21,22)(H,24,25)/t16-/m0/s1. The second-order valence-electron chi connectivity index (χ2n) is 5.53. The van der Waals surface area contributed by atoms with Crippen LogP contribution < -0.4 is 10.6 Å². The van der Waals surface area contributed by atoms with Gasteiger partial charge in [-0.15, -0.1) is 0 Å². The minimum Gasteiger partial charge on any atom is -0.480 e. The largest absolute Gasteiger partial charge is 0.480 e. The highest BCUT2D eigenvalue weighted by Gasteiger charge is 2.20. The van der Waals surface area contributed by atoms with Gasteiger partial charge in [-0.25, -0.2) is 4.79 Å². The molecule has 130 valence electrons. The Balaban J connectivity index is 1.81. The number of benzene rings is 2. The molecule has 0 fully saturated rings. The normalized spacial score (nSPS) is 11.4. The number of hydrogen-bond acceptors (Lipinski definition) is 3. The maximum Gasteiger partial charge on any atom is 0.326 e. The van der Waals surface area contributed by atoms with Gasteiger partial charge in [-0.3, -0.25) is 9.59 Å². The molecule has 0 aliphatic heterocycles. The van der Waals surface area contributed by atoms with Crippen LogP contribution in [0, 0.1) is 0 Å². The Morgan fingerprint density at radius 2 is 1.52 bits per heavy atom. The first-order chi connectivity index (χ1) is 12.1. The molecule has 2 rings (SSSR count). The zero-order valence-electron chi connectivity index (χ0n) is 13.6. The molecule has 0 bridgehead atoms. The molecule has 0 saturated carbocycles. The molecule has 6 nitrogen and oxygen atoms in total. The van der Waals surface area contributed by atoms with E-state index in [0.717, 1.165) is 5.56 Å². The number of carbonyl (C=O) groups excluding carboxylic acids is 2. The Hall–Kier alpha value is -3.15. The van der Waals surface area contributed by atoms with Crippen LogP contribution in [0.2, 0.25) is 0 Å². The van der Waals surface area contributed by atoms with Gasteiger partial charge in [-0.1, -0.05) is 48.5 Å². The van der Waals surface area contributed by atoms with Crippen molar-refractivity contribution in [3.8, 4) is 0 Å². The summed E-state index contributed by atoms with van der Waals surface area (Å²) < 4.78 is 0. The summed E-state index contributed by atoms with van der Waals surface area (Å²) in [7, 11) is 0. The number of nitrogens with one attached hydrogen (secondary N) is 2. The summed E-state index contributed by atoms with van der Waals surface area (Å²) in [5.41, 5.74) is 1.44. The van der Waals surface area contributed by atoms with Crippen molar-refractivity contribution in [1.29, 1.82) is 0 Å². The van der Waals surface area contributed by atoms with Crippen LogP contribution >= 0.6 is 0 Å². The molecule has 2 amide bonds. The van der Waals surface area contributed by atoms with Crippen LogP contribution in [0.5, 0.6) is 0 Å². The van der Waals surface area contributed by atoms with Crippen molar-refractivity contribution in [2.75, 3.05) is 6.54 Å². The van der Waals surface area contributed by atoms with Crippen LogP contribution in [0.3, 0.4) is 0 Å². The van der Waals surface area contributed by atoms with Crippen molar-refractivity contribution in [2.24, 2.45) is 0 Å². The third-order valence-corrected chi connectivity index (χ3v) is 3.64. The fourth-order valence-electron chi connectivity index (χ4n) is 2.31. The number of rotatable bonds is 8. The molecule has 0 heterocycles. The number of amides is 2. The van der Waals surface area contributed by atoms with Gasteiger partial charge in [0.2, 0.25) is 5.91 Å². The minimum atomic E-state index is -1.10. The second-order valence-corrected chi connectivity index (χ2v) is 5.53. The van der Waals surface area contributed by atoms with Crippen LogP contribution in [0.25, 0.3) is 0 Å². The van der Waals surface area contributed by atoms with Gasteiger partial charge in [0.1, 0.15) is 6.04 Å². The molecule has 0 aliphatic carbocycles. The topological polar surface area (TPSA) is 95.5 Å². The zero-order valence-corrected chi connectivity index (χ0v) is 13.6. The lowest BCUT2D eigenvalue weighted by Gasteiger charge is -2.15. The quantitative estimate of drug-likeness (QED) is 0.680. The highest BCUT2D eigenvalue weighted by atomic mass is 16.4. The van der Waals surface area contributed by atoms with Crippen molar-refractivity contribution < 1.29 is 19.5 Å². The zero-order chi connectivity index (χ0) is 18.1. The van der Waals surface area contributed by atoms with Gasteiger partial charge in [0, 0.05) is 5.56 Å². The Morgan fingerprint density at radius 1 is 0.920 bits per heavy atom. The van der Waals surface area contributed by atoms with E-state index in [1.54, 1.807) is 30.3 Å². The monoisotopic (exact) mass is 340 g/mol. The molecule has 0 aliphatic rings. The van der Waals surface area contributed by atoms with Gasteiger partial charge in [0.05, 0.1) is 6.54 Å². The van der Waals surface area contributed by atoms with Crippen LogP contribution in [0.1, 0.15) is 22.3 Å². The molecule has 2 aromatic rings. The summed E-state index contributed by atoms with van der Waals surface area (Å²) in [4.78, 5) is 35.1. The lowest BCUT2D eigenvalue weighted by Crippen LogP contribution is -2.45. The van der Waals surface area contributed by atoms with E-state index >= 15 is 0 Å². The van der Waals surface area contributed by atoms with Gasteiger partial charge in [-0.2, -0.15) is 0 Å². The number of carboxylic acids is 1. The molecule has 0 spiro atoms. The first-order valence-electron chi connectivity index (χ1n) is 7.95. The van der Waals surface area contributed by atoms with Crippen LogP contribution in [0.4, 0.5) is 0 Å². The first kappa shape index (κ1) is 18.2. The first-order valence-corrected chi connectivity index (χ1v) is 7.95. The lowest BCUT2D eigenvalue weighted by atomic mass is 10.1. The SMILES string of the molecule is O=C(CNC(=O)c1ccccc1)N[C@@H](CCc1ccccc1)C(=O)O. The maximum atomic E-state index is 11.9. The van der Waals surface area contributed by atoms with Crippen LogP contribution in [-0.2, 0) is 16.0 Å². The number of aliphatic carboxylic acids is 1. The third kappa shape index (κ3) is 6.10. The van der Waals surface area contributed by atoms with Gasteiger partial charge >= 0.3 is 5.97 Å². The number of carbonyl (C=O) groups is 3. The Morgan fingerprint density at radius 3 is 2.12 bits per heavy atom. The summed E-state index contributed by atoms with van der Waals surface area (Å²) in [6, 6.07) is 16.9. The van der Waals surface area contributed by atoms with E-state index in [0.29, 0.717) is 12.0 Å². The van der Waals surface area contributed by atoms with E-state index in [2.05, 4.69) is 10.6 Å². The molecule has 3 N–H and O–H groups in total. The maximum absolute atomic E-state index is 11.9. The average Bonchev–Trinajstić information content (AvgIpc) is 2.64. The van der Waals surface area contributed by atoms with Crippen molar-refractivity contribution in [3.63, 3.8) is 0 Å². The predicted molar refractivity (Wildman–Crippen MR) is 93.1 cm³/mol. The van der Waals surface area contributed by atoms with E-state index in [9.17, 15) is 19.5 Å². The fourth-order valence-corrected chi connectivity index (χ4v) is 2.31. The minimum absolute atomic E-state index is 0.275. The van der Waals surface area contributed by atoms with Crippen LogP contribution in [0.15, 0.2) is 60.7 Å². The molecule has 0 aromatic heterocycles. The molecule has 0 radical (unpaired) electrons. The molecule has 2 aromatic carbocycles. The van der Waals surface area contributed by atoms with Crippen molar-refractivity contribution in [1.82, 2.24) is 10.6 Å². The summed E-state index contributed by atoms with van der Waals surface area (Å²) >= 11 is 0. The molecule has 6 heteroatoms. The van der Waals surface area contributed by atoms with E-state index in [1.165, 1.54) is 0 Å². The molecular weight excluding hydrogens is 320 g/mol. The number of aryl methyl sites for hydroxylation is 1. The second kappa shape index (κ2) is 9.22. The molecular formula is C19H20N2O4. The Bertz CT molecular complexity index is 717. The Kier molecular flexibility index (Phi) is 6.71. The van der Waals surface area contributed by atoms with Crippen LogP contribution in [-0.4, -0.2) is 35.5 Å². The predicted octanol–water partition coefficient (Wildman–Crippen LogP) is 1.62. The molecule has 0 unspecified atom stereocenters. The fraction of sp³-hybridized carbons (Fsp3) is 0.211. The van der Waals surface area contributed by atoms with E-state index < -0.39 is 17.9 Å². The molecule has 0 saturated heterocycles. The van der Waals surface area contributed by atoms with E-state index in [-0.39, 0.29) is 18.9 Å². The molecule has 25 heavy (non-hydrogen) atoms. The molecule has 1 atom stereocenters. The third-order valence-electron chi connectivity index (χ3n) is 3.64. The van der Waals surface area contributed by atoms with Crippen molar-refractivity contribution in [3.05, 3.63) is 71.8 Å². The average molecular weight is 340 g/mol. The van der Waals surface area contributed by atoms with Gasteiger partial charge in [-0.05, 0) is 30.5 Å². The van der Waals surface area contributed by atoms with E-state index in [4.69, 9.17) is 0 Å². The van der Waals surface area contributed by atoms with E-state index in [1.807, 2.05) is 30.3 Å². The lowest BCUT2D eigenvalue weighted by molar-refractivity contribution is -0.141. The smallest absolute Gasteiger partial charge is 0.326 e. The number of hydrogen-bond donors (Lipinski definition) is 3. The van der Waals surface area contributed by atoms with Crippen molar-refractivity contribution in [2.45, 2.75) is 18.9 Å². The van der Waals surface area contributed by atoms with Crippen molar-refractivity contribution >= 4 is 17.8 Å². The Labute approximate surface area is 145 Å². The number of carboxylic acid groups (broad SMARTS) is 1. The summed E-state index contributed by atoms with van der Waals surface area (Å²) in [5, 5.41) is 14.2. The highest BCUT2D eigenvalue weighted by molar-refractivity contribution is 5.96. The highest BCUT2D eigenvalue weighted by Crippen LogP contribution is 2.05. The summed E-state index contributed by atoms with van der Waals surface area (Å²) in [5.74, 6) is -2.02. The van der Waals surface area contributed by atoms with Gasteiger partial charge in [0.25, 0.3) is 5.91 Å².